The quantitative estimate of drug-likeness (QED) is 0.664. The van der Waals surface area contributed by atoms with E-state index in [0.29, 0.717) is 19.5 Å². The first-order valence-corrected chi connectivity index (χ1v) is 5.75. The zero-order valence-electron chi connectivity index (χ0n) is 9.99. The van der Waals surface area contributed by atoms with Crippen LogP contribution in [0.4, 0.5) is 0 Å². The predicted octanol–water partition coefficient (Wildman–Crippen LogP) is 0.519. The number of hydrogen-bond donors (Lipinski definition) is 2. The fourth-order valence-electron chi connectivity index (χ4n) is 1.39. The Labute approximate surface area is 96.2 Å². The van der Waals surface area contributed by atoms with Gasteiger partial charge in [-0.2, -0.15) is 5.10 Å². The van der Waals surface area contributed by atoms with E-state index in [1.165, 1.54) is 0 Å². The van der Waals surface area contributed by atoms with Gasteiger partial charge in [0.2, 0.25) is 5.91 Å². The summed E-state index contributed by atoms with van der Waals surface area (Å²) in [6.45, 7) is 7.02. The molecule has 2 N–H and O–H groups in total. The second kappa shape index (κ2) is 7.00. The summed E-state index contributed by atoms with van der Waals surface area (Å²) < 4.78 is 1.89. The van der Waals surface area contributed by atoms with Crippen LogP contribution in [0.25, 0.3) is 0 Å². The van der Waals surface area contributed by atoms with E-state index in [1.807, 2.05) is 24.0 Å². The molecule has 0 fully saturated rings. The minimum atomic E-state index is 0.0965. The van der Waals surface area contributed by atoms with Crippen LogP contribution in [0.1, 0.15) is 25.8 Å². The Morgan fingerprint density at radius 2 is 2.31 bits per heavy atom. The van der Waals surface area contributed by atoms with Crippen LogP contribution in [0, 0.1) is 0 Å². The second-order valence-corrected chi connectivity index (χ2v) is 3.58. The van der Waals surface area contributed by atoms with Crippen molar-refractivity contribution in [1.82, 2.24) is 20.4 Å². The smallest absolute Gasteiger partial charge is 0.221 e. The van der Waals surface area contributed by atoms with Gasteiger partial charge in [0, 0.05) is 44.4 Å². The molecule has 1 heterocycles. The first kappa shape index (κ1) is 12.7. The van der Waals surface area contributed by atoms with Gasteiger partial charge >= 0.3 is 0 Å². The molecule has 0 saturated heterocycles. The first-order chi connectivity index (χ1) is 7.76. The van der Waals surface area contributed by atoms with Gasteiger partial charge in [-0.3, -0.25) is 9.48 Å². The molecule has 5 nitrogen and oxygen atoms in total. The molecule has 0 aliphatic heterocycles. The van der Waals surface area contributed by atoms with Crippen molar-refractivity contribution in [2.75, 3.05) is 13.1 Å². The van der Waals surface area contributed by atoms with Crippen molar-refractivity contribution >= 4 is 5.91 Å². The third-order valence-electron chi connectivity index (χ3n) is 2.24. The molecule has 90 valence electrons. The highest BCUT2D eigenvalue weighted by Gasteiger charge is 1.99. The monoisotopic (exact) mass is 224 g/mol. The number of aromatic nitrogens is 2. The lowest BCUT2D eigenvalue weighted by Crippen LogP contribution is -2.27. The zero-order valence-corrected chi connectivity index (χ0v) is 9.99. The Morgan fingerprint density at radius 3 is 2.94 bits per heavy atom. The van der Waals surface area contributed by atoms with E-state index in [2.05, 4.69) is 22.7 Å². The number of carbonyl (C=O) groups excluding carboxylic acids is 1. The third kappa shape index (κ3) is 4.44. The van der Waals surface area contributed by atoms with Crippen LogP contribution in [0.15, 0.2) is 12.4 Å². The fraction of sp³-hybridized carbons (Fsp3) is 0.636. The van der Waals surface area contributed by atoms with Crippen LogP contribution in [-0.2, 0) is 17.9 Å². The molecule has 0 aromatic carbocycles. The molecular weight excluding hydrogens is 204 g/mol. The zero-order chi connectivity index (χ0) is 11.8. The van der Waals surface area contributed by atoms with Crippen LogP contribution < -0.4 is 10.6 Å². The van der Waals surface area contributed by atoms with Crippen LogP contribution in [-0.4, -0.2) is 28.8 Å². The van der Waals surface area contributed by atoms with E-state index < -0.39 is 0 Å². The Bertz CT molecular complexity index is 322. The lowest BCUT2D eigenvalue weighted by Gasteiger charge is -2.03. The highest BCUT2D eigenvalue weighted by atomic mass is 16.1. The molecule has 0 bridgehead atoms. The average Bonchev–Trinajstić information content (AvgIpc) is 2.73. The summed E-state index contributed by atoms with van der Waals surface area (Å²) >= 11 is 0. The molecule has 5 heteroatoms. The van der Waals surface area contributed by atoms with Crippen molar-refractivity contribution in [2.45, 2.75) is 33.4 Å². The SMILES string of the molecule is CCNC(=O)CCNCc1cnn(CC)c1. The molecule has 1 aromatic rings. The number of nitrogens with zero attached hydrogens (tertiary/aromatic N) is 2. The number of amides is 1. The molecule has 0 atom stereocenters. The summed E-state index contributed by atoms with van der Waals surface area (Å²) in [5, 5.41) is 10.2. The first-order valence-electron chi connectivity index (χ1n) is 5.75. The van der Waals surface area contributed by atoms with Crippen molar-refractivity contribution in [3.8, 4) is 0 Å². The number of nitrogens with one attached hydrogen (secondary N) is 2. The molecule has 0 saturated carbocycles. The number of rotatable bonds is 7. The number of aryl methyl sites for hydroxylation is 1. The molecule has 0 radical (unpaired) electrons. The maximum atomic E-state index is 11.1. The Morgan fingerprint density at radius 1 is 1.50 bits per heavy atom. The number of carbonyl (C=O) groups is 1. The van der Waals surface area contributed by atoms with Gasteiger partial charge in [0.25, 0.3) is 0 Å². The molecular formula is C11H20N4O. The highest BCUT2D eigenvalue weighted by Crippen LogP contribution is 1.96. The molecule has 1 amide bonds. The normalized spacial score (nSPS) is 10.4. The van der Waals surface area contributed by atoms with Crippen molar-refractivity contribution < 1.29 is 4.79 Å². The van der Waals surface area contributed by atoms with Crippen molar-refractivity contribution in [1.29, 1.82) is 0 Å². The minimum Gasteiger partial charge on any atom is -0.356 e. The number of hydrogen-bond acceptors (Lipinski definition) is 3. The fourth-order valence-corrected chi connectivity index (χ4v) is 1.39. The minimum absolute atomic E-state index is 0.0965. The van der Waals surface area contributed by atoms with Gasteiger partial charge in [-0.05, 0) is 13.8 Å². The van der Waals surface area contributed by atoms with E-state index in [9.17, 15) is 4.79 Å². The van der Waals surface area contributed by atoms with Gasteiger partial charge in [-0.15, -0.1) is 0 Å². The van der Waals surface area contributed by atoms with E-state index in [-0.39, 0.29) is 5.91 Å². The second-order valence-electron chi connectivity index (χ2n) is 3.58. The molecule has 0 aliphatic carbocycles. The summed E-state index contributed by atoms with van der Waals surface area (Å²) in [5.41, 5.74) is 1.15. The summed E-state index contributed by atoms with van der Waals surface area (Å²) in [6, 6.07) is 0. The van der Waals surface area contributed by atoms with Gasteiger partial charge in [0.15, 0.2) is 0 Å². The molecule has 0 unspecified atom stereocenters. The lowest BCUT2D eigenvalue weighted by molar-refractivity contribution is -0.120. The summed E-state index contributed by atoms with van der Waals surface area (Å²) in [5.74, 6) is 0.0965. The largest absolute Gasteiger partial charge is 0.356 e. The Kier molecular flexibility index (Phi) is 5.56. The van der Waals surface area contributed by atoms with Gasteiger partial charge in [0.1, 0.15) is 0 Å². The van der Waals surface area contributed by atoms with Crippen molar-refractivity contribution in [3.05, 3.63) is 18.0 Å². The summed E-state index contributed by atoms with van der Waals surface area (Å²) in [7, 11) is 0. The maximum Gasteiger partial charge on any atom is 0.221 e. The Balaban J connectivity index is 2.13. The molecule has 0 aliphatic rings. The lowest BCUT2D eigenvalue weighted by atomic mass is 10.3. The van der Waals surface area contributed by atoms with Crippen LogP contribution in [0.2, 0.25) is 0 Å². The van der Waals surface area contributed by atoms with E-state index in [0.717, 1.165) is 18.7 Å². The molecule has 1 rings (SSSR count). The predicted molar refractivity (Wildman–Crippen MR) is 62.9 cm³/mol. The molecule has 0 spiro atoms. The van der Waals surface area contributed by atoms with Crippen molar-refractivity contribution in [2.24, 2.45) is 0 Å². The van der Waals surface area contributed by atoms with Gasteiger partial charge in [-0.1, -0.05) is 0 Å². The van der Waals surface area contributed by atoms with Crippen LogP contribution in [0.3, 0.4) is 0 Å². The van der Waals surface area contributed by atoms with E-state index >= 15 is 0 Å². The highest BCUT2D eigenvalue weighted by molar-refractivity contribution is 5.75. The molecule has 16 heavy (non-hydrogen) atoms. The maximum absolute atomic E-state index is 11.1. The van der Waals surface area contributed by atoms with Crippen LogP contribution >= 0.6 is 0 Å². The van der Waals surface area contributed by atoms with Gasteiger partial charge in [0.05, 0.1) is 6.20 Å². The average molecular weight is 224 g/mol. The summed E-state index contributed by atoms with van der Waals surface area (Å²) in [4.78, 5) is 11.1. The summed E-state index contributed by atoms with van der Waals surface area (Å²) in [6.07, 6.45) is 4.39. The molecule has 1 aromatic heterocycles. The third-order valence-corrected chi connectivity index (χ3v) is 2.24. The van der Waals surface area contributed by atoms with Gasteiger partial charge in [-0.25, -0.2) is 0 Å². The van der Waals surface area contributed by atoms with Crippen molar-refractivity contribution in [3.63, 3.8) is 0 Å². The van der Waals surface area contributed by atoms with Crippen LogP contribution in [0.5, 0.6) is 0 Å². The standard InChI is InChI=1S/C11H20N4O/c1-3-13-11(16)5-6-12-7-10-8-14-15(4-2)9-10/h8-9,12H,3-7H2,1-2H3,(H,13,16). The Hall–Kier alpha value is -1.36. The topological polar surface area (TPSA) is 59.0 Å². The van der Waals surface area contributed by atoms with E-state index in [1.54, 1.807) is 0 Å². The van der Waals surface area contributed by atoms with Gasteiger partial charge < -0.3 is 10.6 Å². The van der Waals surface area contributed by atoms with E-state index in [4.69, 9.17) is 0 Å².